The number of amides is 1. The molecule has 94 valence electrons. The Balaban J connectivity index is 2.48. The summed E-state index contributed by atoms with van der Waals surface area (Å²) in [5, 5.41) is 3.07. The van der Waals surface area contributed by atoms with E-state index in [2.05, 4.69) is 19.2 Å². The zero-order valence-electron chi connectivity index (χ0n) is 10.6. The molecule has 2 unspecified atom stereocenters. The normalized spacial score (nSPS) is 27.1. The van der Waals surface area contributed by atoms with Crippen molar-refractivity contribution in [3.63, 3.8) is 0 Å². The van der Waals surface area contributed by atoms with Crippen LogP contribution in [0, 0.1) is 11.8 Å². The van der Waals surface area contributed by atoms with Gasteiger partial charge in [0.1, 0.15) is 0 Å². The summed E-state index contributed by atoms with van der Waals surface area (Å²) >= 11 is 0. The first kappa shape index (κ1) is 13.5. The Morgan fingerprint density at radius 1 is 1.56 bits per heavy atom. The van der Waals surface area contributed by atoms with E-state index >= 15 is 0 Å². The molecule has 0 aliphatic carbocycles. The summed E-state index contributed by atoms with van der Waals surface area (Å²) in [7, 11) is 0. The molecule has 2 atom stereocenters. The molecule has 0 saturated carbocycles. The summed E-state index contributed by atoms with van der Waals surface area (Å²) in [6.07, 6.45) is 1.73. The van der Waals surface area contributed by atoms with Crippen molar-refractivity contribution in [2.75, 3.05) is 19.8 Å². The topological polar surface area (TPSA) is 64.4 Å². The molecule has 1 rings (SSSR count). The van der Waals surface area contributed by atoms with Gasteiger partial charge in [-0.25, -0.2) is 0 Å². The highest BCUT2D eigenvalue weighted by atomic mass is 16.5. The van der Waals surface area contributed by atoms with Crippen LogP contribution >= 0.6 is 0 Å². The Bertz CT molecular complexity index is 235. The van der Waals surface area contributed by atoms with Crippen LogP contribution < -0.4 is 11.1 Å². The molecule has 1 fully saturated rings. The predicted octanol–water partition coefficient (Wildman–Crippen LogP) is 0.903. The minimum atomic E-state index is -0.193. The van der Waals surface area contributed by atoms with Gasteiger partial charge in [0.15, 0.2) is 0 Å². The quantitative estimate of drug-likeness (QED) is 0.735. The molecule has 0 radical (unpaired) electrons. The van der Waals surface area contributed by atoms with Gasteiger partial charge in [0.2, 0.25) is 5.91 Å². The highest BCUT2D eigenvalue weighted by Gasteiger charge is 2.33. The highest BCUT2D eigenvalue weighted by Crippen LogP contribution is 2.19. The van der Waals surface area contributed by atoms with Gasteiger partial charge in [-0.15, -0.1) is 0 Å². The van der Waals surface area contributed by atoms with E-state index < -0.39 is 0 Å². The van der Waals surface area contributed by atoms with Crippen LogP contribution in [-0.2, 0) is 9.53 Å². The minimum Gasteiger partial charge on any atom is -0.379 e. The molecule has 4 heteroatoms. The van der Waals surface area contributed by atoms with E-state index in [9.17, 15) is 4.79 Å². The lowest BCUT2D eigenvalue weighted by atomic mass is 9.94. The number of carbonyl (C=O) groups is 1. The van der Waals surface area contributed by atoms with Gasteiger partial charge < -0.3 is 15.8 Å². The number of nitrogens with two attached hydrogens (primary N) is 1. The molecule has 16 heavy (non-hydrogen) atoms. The van der Waals surface area contributed by atoms with Gasteiger partial charge in [-0.2, -0.15) is 0 Å². The molecule has 0 aromatic carbocycles. The summed E-state index contributed by atoms with van der Waals surface area (Å²) < 4.78 is 5.31. The zero-order valence-corrected chi connectivity index (χ0v) is 10.6. The highest BCUT2D eigenvalue weighted by molar-refractivity contribution is 5.79. The summed E-state index contributed by atoms with van der Waals surface area (Å²) in [6.45, 7) is 8.00. The molecule has 1 amide bonds. The van der Waals surface area contributed by atoms with E-state index in [0.29, 0.717) is 19.1 Å². The van der Waals surface area contributed by atoms with Crippen molar-refractivity contribution in [1.29, 1.82) is 0 Å². The Kier molecular flexibility index (Phi) is 4.74. The van der Waals surface area contributed by atoms with Crippen LogP contribution in [0.5, 0.6) is 0 Å². The number of carbonyl (C=O) groups excluding carboxylic acids is 1. The number of hydrogen-bond acceptors (Lipinski definition) is 3. The molecular weight excluding hydrogens is 204 g/mol. The number of rotatable bonds is 5. The number of nitrogens with one attached hydrogen (secondary N) is 1. The fourth-order valence-electron chi connectivity index (χ4n) is 2.04. The Labute approximate surface area is 97.9 Å². The average Bonchev–Trinajstić information content (AvgIpc) is 2.60. The molecule has 3 N–H and O–H groups in total. The third-order valence-electron chi connectivity index (χ3n) is 3.06. The smallest absolute Gasteiger partial charge is 0.224 e. The van der Waals surface area contributed by atoms with E-state index in [4.69, 9.17) is 10.5 Å². The van der Waals surface area contributed by atoms with Gasteiger partial charge in [0.05, 0.1) is 18.1 Å². The van der Waals surface area contributed by atoms with E-state index in [1.165, 1.54) is 0 Å². The first-order valence-corrected chi connectivity index (χ1v) is 6.06. The van der Waals surface area contributed by atoms with Crippen LogP contribution in [0.25, 0.3) is 0 Å². The first-order chi connectivity index (χ1) is 7.47. The fraction of sp³-hybridized carbons (Fsp3) is 0.917. The van der Waals surface area contributed by atoms with Crippen LogP contribution in [0.3, 0.4) is 0 Å². The second-order valence-corrected chi connectivity index (χ2v) is 5.41. The molecular formula is C12H24N2O2. The van der Waals surface area contributed by atoms with Gasteiger partial charge in [-0.1, -0.05) is 13.8 Å². The molecule has 1 aliphatic heterocycles. The van der Waals surface area contributed by atoms with Crippen LogP contribution in [0.2, 0.25) is 0 Å². The molecule has 0 aromatic rings. The lowest BCUT2D eigenvalue weighted by Crippen LogP contribution is -2.50. The lowest BCUT2D eigenvalue weighted by molar-refractivity contribution is -0.127. The lowest BCUT2D eigenvalue weighted by Gasteiger charge is -2.27. The van der Waals surface area contributed by atoms with Gasteiger partial charge in [-0.3, -0.25) is 4.79 Å². The minimum absolute atomic E-state index is 0.0718. The molecule has 0 spiro atoms. The molecule has 1 heterocycles. The first-order valence-electron chi connectivity index (χ1n) is 6.06. The molecule has 1 saturated heterocycles. The summed E-state index contributed by atoms with van der Waals surface area (Å²) in [5.74, 6) is 0.494. The second kappa shape index (κ2) is 5.64. The fourth-order valence-corrected chi connectivity index (χ4v) is 2.04. The summed E-state index contributed by atoms with van der Waals surface area (Å²) in [4.78, 5) is 12.0. The average molecular weight is 228 g/mol. The predicted molar refractivity (Wildman–Crippen MR) is 64.0 cm³/mol. The Morgan fingerprint density at radius 3 is 2.69 bits per heavy atom. The molecule has 0 bridgehead atoms. The van der Waals surface area contributed by atoms with Crippen LogP contribution in [-0.4, -0.2) is 31.2 Å². The maximum absolute atomic E-state index is 12.0. The van der Waals surface area contributed by atoms with E-state index in [1.807, 2.05) is 6.92 Å². The van der Waals surface area contributed by atoms with Crippen molar-refractivity contribution in [3.05, 3.63) is 0 Å². The second-order valence-electron chi connectivity index (χ2n) is 5.41. The molecule has 4 nitrogen and oxygen atoms in total. The van der Waals surface area contributed by atoms with Crippen molar-refractivity contribution in [2.24, 2.45) is 17.6 Å². The van der Waals surface area contributed by atoms with Crippen molar-refractivity contribution in [3.8, 4) is 0 Å². The van der Waals surface area contributed by atoms with E-state index in [-0.39, 0.29) is 17.4 Å². The van der Waals surface area contributed by atoms with Crippen molar-refractivity contribution in [1.82, 2.24) is 5.32 Å². The molecule has 1 aliphatic rings. The molecule has 0 aromatic heterocycles. The summed E-state index contributed by atoms with van der Waals surface area (Å²) in [5.41, 5.74) is 5.45. The number of hydrogen-bond donors (Lipinski definition) is 2. The van der Waals surface area contributed by atoms with Crippen LogP contribution in [0.4, 0.5) is 0 Å². The maximum atomic E-state index is 12.0. The summed E-state index contributed by atoms with van der Waals surface area (Å²) in [6, 6.07) is 0. The van der Waals surface area contributed by atoms with Gasteiger partial charge in [-0.05, 0) is 25.7 Å². The standard InChI is InChI=1S/C12H24N2O2/c1-9(2)6-10(7-13)11(15)14-12(3)4-5-16-8-12/h9-10H,4-8,13H2,1-3H3,(H,14,15). The van der Waals surface area contributed by atoms with Gasteiger partial charge in [0, 0.05) is 13.2 Å². The maximum Gasteiger partial charge on any atom is 0.224 e. The van der Waals surface area contributed by atoms with Crippen molar-refractivity contribution < 1.29 is 9.53 Å². The van der Waals surface area contributed by atoms with Crippen molar-refractivity contribution >= 4 is 5.91 Å². The van der Waals surface area contributed by atoms with Crippen LogP contribution in [0.1, 0.15) is 33.6 Å². The Morgan fingerprint density at radius 2 is 2.25 bits per heavy atom. The van der Waals surface area contributed by atoms with E-state index in [0.717, 1.165) is 19.4 Å². The largest absolute Gasteiger partial charge is 0.379 e. The van der Waals surface area contributed by atoms with Gasteiger partial charge in [0.25, 0.3) is 0 Å². The van der Waals surface area contributed by atoms with E-state index in [1.54, 1.807) is 0 Å². The zero-order chi connectivity index (χ0) is 12.2. The SMILES string of the molecule is CC(C)CC(CN)C(=O)NC1(C)CCOC1. The Hall–Kier alpha value is -0.610. The number of ether oxygens (including phenoxy) is 1. The van der Waals surface area contributed by atoms with Crippen LogP contribution in [0.15, 0.2) is 0 Å². The third-order valence-corrected chi connectivity index (χ3v) is 3.06. The monoisotopic (exact) mass is 228 g/mol. The van der Waals surface area contributed by atoms with Gasteiger partial charge >= 0.3 is 0 Å². The third kappa shape index (κ3) is 3.76. The van der Waals surface area contributed by atoms with Crippen molar-refractivity contribution in [2.45, 2.75) is 39.2 Å².